The largest absolute Gasteiger partial charge is 0.394 e. The maximum Gasteiger partial charge on any atom is 0.228 e. The van der Waals surface area contributed by atoms with Gasteiger partial charge in [0.1, 0.15) is 23.1 Å². The summed E-state index contributed by atoms with van der Waals surface area (Å²) in [5.41, 5.74) is 3.84. The lowest BCUT2D eigenvalue weighted by atomic mass is 10.1. The van der Waals surface area contributed by atoms with Crippen molar-refractivity contribution < 1.29 is 14.2 Å². The van der Waals surface area contributed by atoms with Crippen LogP contribution >= 0.6 is 11.6 Å². The van der Waals surface area contributed by atoms with Gasteiger partial charge in [0.2, 0.25) is 5.95 Å². The van der Waals surface area contributed by atoms with Crippen molar-refractivity contribution in [1.82, 2.24) is 29.7 Å². The number of anilines is 1. The van der Waals surface area contributed by atoms with Crippen LogP contribution in [0.3, 0.4) is 0 Å². The van der Waals surface area contributed by atoms with Crippen LogP contribution in [0, 0.1) is 19.7 Å². The Balaban J connectivity index is 1.59. The number of hydrogen-bond acceptors (Lipinski definition) is 8. The molecule has 0 spiro atoms. The topological polar surface area (TPSA) is 102 Å². The van der Waals surface area contributed by atoms with Crippen molar-refractivity contribution in [3.63, 3.8) is 0 Å². The summed E-state index contributed by atoms with van der Waals surface area (Å²) in [4.78, 5) is 20.8. The molecule has 1 aliphatic heterocycles. The van der Waals surface area contributed by atoms with E-state index in [9.17, 15) is 9.50 Å². The predicted molar refractivity (Wildman–Crippen MR) is 130 cm³/mol. The number of halogens is 2. The van der Waals surface area contributed by atoms with Gasteiger partial charge in [-0.1, -0.05) is 11.6 Å². The molecule has 3 aromatic heterocycles. The van der Waals surface area contributed by atoms with Gasteiger partial charge in [-0.15, -0.1) is 0 Å². The molecule has 35 heavy (non-hydrogen) atoms. The van der Waals surface area contributed by atoms with Crippen LogP contribution in [-0.4, -0.2) is 60.6 Å². The minimum atomic E-state index is -0.493. The number of ether oxygens (including phenoxy) is 1. The Morgan fingerprint density at radius 2 is 1.94 bits per heavy atom. The molecule has 0 amide bonds. The van der Waals surface area contributed by atoms with E-state index in [2.05, 4.69) is 15.1 Å². The second-order valence-electron chi connectivity index (χ2n) is 8.66. The summed E-state index contributed by atoms with van der Waals surface area (Å²) in [6.45, 7) is 7.13. The van der Waals surface area contributed by atoms with Gasteiger partial charge in [-0.05, 0) is 39.0 Å². The first-order chi connectivity index (χ1) is 16.8. The van der Waals surface area contributed by atoms with Crippen LogP contribution in [0.2, 0.25) is 5.02 Å². The third-order valence-electron chi connectivity index (χ3n) is 6.01. The molecule has 1 N–H and O–H groups in total. The van der Waals surface area contributed by atoms with Crippen molar-refractivity contribution in [3.8, 4) is 11.3 Å². The number of aromatic nitrogens is 6. The van der Waals surface area contributed by atoms with Crippen LogP contribution in [0.15, 0.2) is 30.6 Å². The molecule has 1 aliphatic rings. The summed E-state index contributed by atoms with van der Waals surface area (Å²) in [6.07, 6.45) is 3.22. The van der Waals surface area contributed by atoms with Gasteiger partial charge in [-0.3, -0.25) is 4.68 Å². The van der Waals surface area contributed by atoms with Gasteiger partial charge in [0.05, 0.1) is 43.4 Å². The highest BCUT2D eigenvalue weighted by atomic mass is 35.5. The second kappa shape index (κ2) is 9.44. The van der Waals surface area contributed by atoms with Gasteiger partial charge >= 0.3 is 0 Å². The molecule has 11 heteroatoms. The van der Waals surface area contributed by atoms with Crippen molar-refractivity contribution in [2.45, 2.75) is 39.5 Å². The number of nitrogens with zero attached hydrogens (tertiary/aromatic N) is 7. The minimum absolute atomic E-state index is 0.00403. The number of aliphatic hydroxyl groups excluding tert-OH is 1. The van der Waals surface area contributed by atoms with Gasteiger partial charge in [0, 0.05) is 28.9 Å². The van der Waals surface area contributed by atoms with Gasteiger partial charge in [-0.2, -0.15) is 10.1 Å². The minimum Gasteiger partial charge on any atom is -0.394 e. The molecule has 9 nitrogen and oxygen atoms in total. The quantitative estimate of drug-likeness (QED) is 0.446. The average Bonchev–Trinajstić information content (AvgIpc) is 3.28. The van der Waals surface area contributed by atoms with Crippen LogP contribution in [0.1, 0.15) is 30.0 Å². The smallest absolute Gasteiger partial charge is 0.228 e. The van der Waals surface area contributed by atoms with E-state index in [1.54, 1.807) is 23.0 Å². The molecule has 1 aromatic carbocycles. The number of aliphatic hydroxyl groups is 1. The average molecular weight is 498 g/mol. The molecule has 4 aromatic rings. The fourth-order valence-corrected chi connectivity index (χ4v) is 4.34. The Kier molecular flexibility index (Phi) is 6.35. The molecule has 1 fully saturated rings. The summed E-state index contributed by atoms with van der Waals surface area (Å²) in [6, 6.07) is 4.48. The van der Waals surface area contributed by atoms with E-state index in [1.165, 1.54) is 6.07 Å². The monoisotopic (exact) mass is 497 g/mol. The second-order valence-corrected chi connectivity index (χ2v) is 9.10. The van der Waals surface area contributed by atoms with Crippen molar-refractivity contribution in [2.75, 3.05) is 24.6 Å². The molecule has 0 bridgehead atoms. The Bertz CT molecular complexity index is 1400. The fraction of sp³-hybridized carbons (Fsp3) is 0.375. The molecule has 0 unspecified atom stereocenters. The normalized spacial score (nSPS) is 18.4. The van der Waals surface area contributed by atoms with E-state index < -0.39 is 5.82 Å². The first kappa shape index (κ1) is 23.5. The number of rotatable bonds is 5. The Morgan fingerprint density at radius 1 is 1.14 bits per heavy atom. The Morgan fingerprint density at radius 3 is 2.71 bits per heavy atom. The van der Waals surface area contributed by atoms with E-state index >= 15 is 0 Å². The Labute approximate surface area is 206 Å². The molecule has 4 heterocycles. The molecule has 0 aliphatic carbocycles. The van der Waals surface area contributed by atoms with Crippen LogP contribution in [-0.2, 0) is 11.3 Å². The molecule has 0 radical (unpaired) electrons. The molecule has 2 atom stereocenters. The lowest BCUT2D eigenvalue weighted by molar-refractivity contribution is -0.0179. The molecule has 182 valence electrons. The highest BCUT2D eigenvalue weighted by Gasteiger charge is 2.30. The van der Waals surface area contributed by atoms with E-state index in [4.69, 9.17) is 26.3 Å². The highest BCUT2D eigenvalue weighted by Crippen LogP contribution is 2.32. The summed E-state index contributed by atoms with van der Waals surface area (Å²) in [5, 5.41) is 13.8. The standard InChI is InChI=1S/C24H25ClFN7O2/c1-13-10-32(12-20(35-13)16-9-27-33(11-16)6-7-34)24-30-21(18-5-4-17(25)8-19(18)26)22-23(31-24)29-15(3)14(2)28-22/h4-5,8-9,11,13,20,34H,6-7,10,12H2,1-3H3/t13-,20+/m1/s1. The number of fused-ring (bicyclic) bond motifs is 1. The zero-order chi connectivity index (χ0) is 24.7. The maximum atomic E-state index is 15.0. The number of aryl methyl sites for hydroxylation is 2. The summed E-state index contributed by atoms with van der Waals surface area (Å²) < 4.78 is 22.8. The van der Waals surface area contributed by atoms with Crippen LogP contribution in [0.4, 0.5) is 10.3 Å². The third-order valence-corrected chi connectivity index (χ3v) is 6.25. The third kappa shape index (κ3) is 4.69. The fourth-order valence-electron chi connectivity index (χ4n) is 4.18. The van der Waals surface area contributed by atoms with E-state index in [0.717, 1.165) is 17.0 Å². The molecular formula is C24H25ClFN7O2. The lowest BCUT2D eigenvalue weighted by Gasteiger charge is -2.36. The van der Waals surface area contributed by atoms with Gasteiger partial charge in [-0.25, -0.2) is 19.3 Å². The Hall–Kier alpha value is -3.21. The van der Waals surface area contributed by atoms with Gasteiger partial charge < -0.3 is 14.7 Å². The summed E-state index contributed by atoms with van der Waals surface area (Å²) in [5.74, 6) is -0.0738. The molecular weight excluding hydrogens is 473 g/mol. The zero-order valence-electron chi connectivity index (χ0n) is 19.6. The van der Waals surface area contributed by atoms with Crippen molar-refractivity contribution in [3.05, 3.63) is 58.4 Å². The number of hydrogen-bond donors (Lipinski definition) is 1. The van der Waals surface area contributed by atoms with Crippen LogP contribution in [0.5, 0.6) is 0 Å². The molecule has 1 saturated heterocycles. The van der Waals surface area contributed by atoms with E-state index in [-0.39, 0.29) is 24.4 Å². The maximum absolute atomic E-state index is 15.0. The van der Waals surface area contributed by atoms with E-state index in [0.29, 0.717) is 47.5 Å². The van der Waals surface area contributed by atoms with E-state index in [1.807, 2.05) is 31.9 Å². The van der Waals surface area contributed by atoms with Gasteiger partial charge in [0.15, 0.2) is 5.65 Å². The van der Waals surface area contributed by atoms with Crippen molar-refractivity contribution in [1.29, 1.82) is 0 Å². The first-order valence-corrected chi connectivity index (χ1v) is 11.7. The van der Waals surface area contributed by atoms with Gasteiger partial charge in [0.25, 0.3) is 0 Å². The lowest BCUT2D eigenvalue weighted by Crippen LogP contribution is -2.43. The number of benzene rings is 1. The first-order valence-electron chi connectivity index (χ1n) is 11.3. The summed E-state index contributed by atoms with van der Waals surface area (Å²) >= 11 is 5.99. The van der Waals surface area contributed by atoms with Crippen LogP contribution in [0.25, 0.3) is 22.4 Å². The highest BCUT2D eigenvalue weighted by molar-refractivity contribution is 6.30. The SMILES string of the molecule is Cc1nc2nc(N3C[C@@H](C)O[C@H](c4cnn(CCO)c4)C3)nc(-c3ccc(Cl)cc3F)c2nc1C. The number of morpholine rings is 1. The zero-order valence-corrected chi connectivity index (χ0v) is 20.4. The molecule has 5 rings (SSSR count). The predicted octanol–water partition coefficient (Wildman–Crippen LogP) is 3.65. The van der Waals surface area contributed by atoms with Crippen molar-refractivity contribution in [2.24, 2.45) is 0 Å². The molecule has 0 saturated carbocycles. The van der Waals surface area contributed by atoms with Crippen LogP contribution < -0.4 is 4.90 Å². The van der Waals surface area contributed by atoms with Crippen molar-refractivity contribution >= 4 is 28.7 Å². The summed E-state index contributed by atoms with van der Waals surface area (Å²) in [7, 11) is 0.